The molecule has 0 spiro atoms. The Labute approximate surface area is 176 Å². The zero-order valence-electron chi connectivity index (χ0n) is 17.1. The van der Waals surface area contributed by atoms with Crippen LogP contribution in [0.2, 0.25) is 0 Å². The van der Waals surface area contributed by atoms with Crippen molar-refractivity contribution in [3.63, 3.8) is 0 Å². The van der Waals surface area contributed by atoms with Gasteiger partial charge in [0.05, 0.1) is 26.3 Å². The second-order valence-corrected chi connectivity index (χ2v) is 6.18. The highest BCUT2D eigenvalue weighted by molar-refractivity contribution is 5.94. The van der Waals surface area contributed by atoms with Crippen LogP contribution in [0.15, 0.2) is 40.8 Å². The van der Waals surface area contributed by atoms with Crippen molar-refractivity contribution >= 4 is 11.7 Å². The lowest BCUT2D eigenvalue weighted by Gasteiger charge is -2.16. The minimum absolute atomic E-state index is 0.0566. The van der Waals surface area contributed by atoms with Crippen LogP contribution in [-0.4, -0.2) is 42.4 Å². The van der Waals surface area contributed by atoms with E-state index >= 15 is 0 Å². The molecule has 0 aliphatic carbocycles. The molecule has 0 saturated carbocycles. The van der Waals surface area contributed by atoms with Gasteiger partial charge >= 0.3 is 5.97 Å². The molecule has 1 aromatic heterocycles. The van der Waals surface area contributed by atoms with Crippen molar-refractivity contribution in [3.05, 3.63) is 58.0 Å². The predicted molar refractivity (Wildman–Crippen MR) is 106 cm³/mol. The van der Waals surface area contributed by atoms with Crippen LogP contribution in [0.3, 0.4) is 0 Å². The predicted octanol–water partition coefficient (Wildman–Crippen LogP) is 3.59. The topological polar surface area (TPSA) is 136 Å². The molecule has 3 aromatic rings. The van der Waals surface area contributed by atoms with Crippen LogP contribution in [0.5, 0.6) is 17.2 Å². The number of methoxy groups -OCH3 is 3. The summed E-state index contributed by atoms with van der Waals surface area (Å²) in [6, 6.07) is 8.67. The molecular formula is C20H19N3O8. The van der Waals surface area contributed by atoms with E-state index in [0.29, 0.717) is 11.3 Å². The van der Waals surface area contributed by atoms with Gasteiger partial charge in [-0.1, -0.05) is 0 Å². The van der Waals surface area contributed by atoms with E-state index in [1.54, 1.807) is 13.0 Å². The molecule has 0 fully saturated rings. The monoisotopic (exact) mass is 429 g/mol. The first-order chi connectivity index (χ1) is 14.9. The molecule has 11 heteroatoms. The number of non-ortho nitro benzene ring substituents is 1. The fourth-order valence-corrected chi connectivity index (χ4v) is 2.78. The maximum atomic E-state index is 12.7. The van der Waals surface area contributed by atoms with Crippen LogP contribution in [0.4, 0.5) is 5.69 Å². The van der Waals surface area contributed by atoms with Gasteiger partial charge in [0.25, 0.3) is 11.6 Å². The molecule has 11 nitrogen and oxygen atoms in total. The Kier molecular flexibility index (Phi) is 6.34. The van der Waals surface area contributed by atoms with Crippen LogP contribution in [0.1, 0.15) is 29.3 Å². The molecule has 31 heavy (non-hydrogen) atoms. The lowest BCUT2D eigenvalue weighted by molar-refractivity contribution is -0.384. The second kappa shape index (κ2) is 9.11. The lowest BCUT2D eigenvalue weighted by Crippen LogP contribution is -2.11. The molecule has 0 aliphatic rings. The molecule has 1 heterocycles. The smallest absolute Gasteiger partial charge is 0.342 e. The molecule has 0 radical (unpaired) electrons. The fraction of sp³-hybridized carbons (Fsp3) is 0.250. The van der Waals surface area contributed by atoms with Crippen molar-refractivity contribution in [2.45, 2.75) is 13.0 Å². The van der Waals surface area contributed by atoms with Crippen molar-refractivity contribution in [1.82, 2.24) is 10.2 Å². The van der Waals surface area contributed by atoms with Crippen molar-refractivity contribution in [3.8, 4) is 28.7 Å². The number of nitro benzene ring substituents is 1. The first-order valence-corrected chi connectivity index (χ1v) is 8.97. The standard InChI is InChI=1S/C20H19N3O8/c1-11(18-21-22-19(31-18)12-5-7-13(8-6-12)23(25)26)30-20(24)14-9-10-15(27-2)17(29-4)16(14)28-3/h5-11H,1-4H3. The summed E-state index contributed by atoms with van der Waals surface area (Å²) < 4.78 is 26.8. The molecule has 0 aliphatic heterocycles. The van der Waals surface area contributed by atoms with E-state index in [-0.39, 0.29) is 34.5 Å². The number of hydrogen-bond donors (Lipinski definition) is 0. The highest BCUT2D eigenvalue weighted by atomic mass is 16.6. The summed E-state index contributed by atoms with van der Waals surface area (Å²) in [4.78, 5) is 23.0. The highest BCUT2D eigenvalue weighted by Crippen LogP contribution is 2.40. The molecular weight excluding hydrogens is 410 g/mol. The average molecular weight is 429 g/mol. The molecule has 2 aromatic carbocycles. The number of rotatable bonds is 8. The van der Waals surface area contributed by atoms with Crippen LogP contribution in [0.25, 0.3) is 11.5 Å². The molecule has 0 saturated heterocycles. The Bertz CT molecular complexity index is 1090. The summed E-state index contributed by atoms with van der Waals surface area (Å²) >= 11 is 0. The molecule has 0 N–H and O–H groups in total. The van der Waals surface area contributed by atoms with Crippen molar-refractivity contribution < 1.29 is 33.1 Å². The maximum absolute atomic E-state index is 12.7. The molecule has 1 atom stereocenters. The van der Waals surface area contributed by atoms with E-state index in [2.05, 4.69) is 10.2 Å². The van der Waals surface area contributed by atoms with Gasteiger partial charge in [-0.15, -0.1) is 10.2 Å². The van der Waals surface area contributed by atoms with Gasteiger partial charge < -0.3 is 23.4 Å². The molecule has 0 amide bonds. The van der Waals surface area contributed by atoms with Crippen molar-refractivity contribution in [2.24, 2.45) is 0 Å². The number of nitro groups is 1. The molecule has 0 bridgehead atoms. The Morgan fingerprint density at radius 2 is 1.68 bits per heavy atom. The van der Waals surface area contributed by atoms with E-state index in [4.69, 9.17) is 23.4 Å². The zero-order valence-corrected chi connectivity index (χ0v) is 17.1. The summed E-state index contributed by atoms with van der Waals surface area (Å²) in [5.41, 5.74) is 0.557. The Hall–Kier alpha value is -4.15. The first-order valence-electron chi connectivity index (χ1n) is 8.97. The summed E-state index contributed by atoms with van der Waals surface area (Å²) in [6.07, 6.45) is -0.871. The molecule has 162 valence electrons. The van der Waals surface area contributed by atoms with Gasteiger partial charge in [-0.05, 0) is 31.2 Å². The summed E-state index contributed by atoms with van der Waals surface area (Å²) in [5, 5.41) is 18.6. The minimum atomic E-state index is -0.871. The number of aromatic nitrogens is 2. The number of carbonyl (C=O) groups excluding carboxylic acids is 1. The number of ether oxygens (including phenoxy) is 4. The van der Waals surface area contributed by atoms with E-state index in [1.807, 2.05) is 0 Å². The Balaban J connectivity index is 1.79. The largest absolute Gasteiger partial charge is 0.493 e. The molecule has 1 unspecified atom stereocenters. The van der Waals surface area contributed by atoms with Gasteiger partial charge in [-0.3, -0.25) is 10.1 Å². The number of carbonyl (C=O) groups is 1. The van der Waals surface area contributed by atoms with Crippen LogP contribution < -0.4 is 14.2 Å². The van der Waals surface area contributed by atoms with Crippen molar-refractivity contribution in [2.75, 3.05) is 21.3 Å². The van der Waals surface area contributed by atoms with Gasteiger partial charge in [0, 0.05) is 17.7 Å². The first kappa shape index (κ1) is 21.6. The quantitative estimate of drug-likeness (QED) is 0.297. The second-order valence-electron chi connectivity index (χ2n) is 6.18. The number of benzene rings is 2. The van der Waals surface area contributed by atoms with Crippen LogP contribution in [-0.2, 0) is 4.74 Å². The average Bonchev–Trinajstić information content (AvgIpc) is 3.28. The lowest BCUT2D eigenvalue weighted by atomic mass is 10.1. The van der Waals surface area contributed by atoms with Crippen LogP contribution >= 0.6 is 0 Å². The zero-order chi connectivity index (χ0) is 22.5. The van der Waals surface area contributed by atoms with Gasteiger partial charge in [0.1, 0.15) is 5.56 Å². The number of hydrogen-bond acceptors (Lipinski definition) is 10. The Morgan fingerprint density at radius 1 is 1.00 bits per heavy atom. The number of nitrogens with zero attached hydrogens (tertiary/aromatic N) is 3. The normalized spacial score (nSPS) is 11.5. The van der Waals surface area contributed by atoms with Crippen LogP contribution in [0, 0.1) is 10.1 Å². The highest BCUT2D eigenvalue weighted by Gasteiger charge is 2.25. The minimum Gasteiger partial charge on any atom is -0.493 e. The van der Waals surface area contributed by atoms with Crippen molar-refractivity contribution in [1.29, 1.82) is 0 Å². The maximum Gasteiger partial charge on any atom is 0.342 e. The van der Waals surface area contributed by atoms with E-state index in [1.165, 1.54) is 51.7 Å². The fourth-order valence-electron chi connectivity index (χ4n) is 2.78. The van der Waals surface area contributed by atoms with Gasteiger partial charge in [-0.2, -0.15) is 0 Å². The third kappa shape index (κ3) is 4.39. The summed E-state index contributed by atoms with van der Waals surface area (Å²) in [7, 11) is 4.29. The SMILES string of the molecule is COc1ccc(C(=O)OC(C)c2nnc(-c3ccc([N+](=O)[O-])cc3)o2)c(OC)c1OC. The van der Waals surface area contributed by atoms with Gasteiger partial charge in [0.15, 0.2) is 17.6 Å². The number of esters is 1. The van der Waals surface area contributed by atoms with Gasteiger partial charge in [-0.25, -0.2) is 4.79 Å². The third-order valence-electron chi connectivity index (χ3n) is 4.32. The summed E-state index contributed by atoms with van der Waals surface area (Å²) in [6.45, 7) is 1.57. The third-order valence-corrected chi connectivity index (χ3v) is 4.32. The van der Waals surface area contributed by atoms with Gasteiger partial charge in [0.2, 0.25) is 11.6 Å². The summed E-state index contributed by atoms with van der Waals surface area (Å²) in [5.74, 6) is 0.313. The van der Waals surface area contributed by atoms with E-state index < -0.39 is 17.0 Å². The van der Waals surface area contributed by atoms with E-state index in [9.17, 15) is 14.9 Å². The van der Waals surface area contributed by atoms with E-state index in [0.717, 1.165) is 0 Å². The Morgan fingerprint density at radius 3 is 2.26 bits per heavy atom. The molecule has 3 rings (SSSR count).